The van der Waals surface area contributed by atoms with E-state index in [9.17, 15) is 0 Å². The Labute approximate surface area is 131 Å². The Morgan fingerprint density at radius 1 is 1.19 bits per heavy atom. The molecule has 0 bridgehead atoms. The van der Waals surface area contributed by atoms with Crippen molar-refractivity contribution in [1.82, 2.24) is 10.2 Å². The Morgan fingerprint density at radius 2 is 1.90 bits per heavy atom. The molecule has 3 heteroatoms. The van der Waals surface area contributed by atoms with Crippen molar-refractivity contribution in [2.75, 3.05) is 26.2 Å². The third kappa shape index (κ3) is 4.67. The topological polar surface area (TPSA) is 24.5 Å². The molecule has 2 saturated heterocycles. The van der Waals surface area contributed by atoms with Crippen molar-refractivity contribution in [2.45, 2.75) is 83.9 Å². The van der Waals surface area contributed by atoms with E-state index in [1.807, 2.05) is 0 Å². The summed E-state index contributed by atoms with van der Waals surface area (Å²) in [5, 5.41) is 3.67. The highest BCUT2D eigenvalue weighted by Gasteiger charge is 2.38. The molecule has 0 amide bonds. The van der Waals surface area contributed by atoms with Gasteiger partial charge >= 0.3 is 0 Å². The monoisotopic (exact) mass is 296 g/mol. The highest BCUT2D eigenvalue weighted by Crippen LogP contribution is 2.35. The molecule has 21 heavy (non-hydrogen) atoms. The molecular weight excluding hydrogens is 260 g/mol. The Bertz CT molecular complexity index is 320. The summed E-state index contributed by atoms with van der Waals surface area (Å²) < 4.78 is 6.13. The van der Waals surface area contributed by atoms with E-state index in [1.54, 1.807) is 0 Å². The van der Waals surface area contributed by atoms with E-state index in [-0.39, 0.29) is 11.1 Å². The molecule has 0 radical (unpaired) electrons. The lowest BCUT2D eigenvalue weighted by Crippen LogP contribution is -2.48. The quantitative estimate of drug-likeness (QED) is 0.841. The van der Waals surface area contributed by atoms with Gasteiger partial charge in [-0.15, -0.1) is 0 Å². The van der Waals surface area contributed by atoms with Crippen molar-refractivity contribution in [3.05, 3.63) is 0 Å². The molecule has 2 rings (SSSR count). The van der Waals surface area contributed by atoms with Crippen molar-refractivity contribution in [1.29, 1.82) is 0 Å². The van der Waals surface area contributed by atoms with Gasteiger partial charge in [0.25, 0.3) is 0 Å². The predicted octanol–water partition coefficient (Wildman–Crippen LogP) is 3.43. The second kappa shape index (κ2) is 6.97. The normalized spacial score (nSPS) is 30.7. The van der Waals surface area contributed by atoms with E-state index in [4.69, 9.17) is 4.74 Å². The largest absolute Gasteiger partial charge is 0.375 e. The Balaban J connectivity index is 1.83. The first-order chi connectivity index (χ1) is 9.87. The van der Waals surface area contributed by atoms with Gasteiger partial charge < -0.3 is 10.1 Å². The lowest BCUT2D eigenvalue weighted by Gasteiger charge is -2.43. The minimum atomic E-state index is 0.157. The van der Waals surface area contributed by atoms with Gasteiger partial charge in [0.1, 0.15) is 0 Å². The Morgan fingerprint density at radius 3 is 2.52 bits per heavy atom. The average molecular weight is 296 g/mol. The van der Waals surface area contributed by atoms with Crippen LogP contribution >= 0.6 is 0 Å². The first kappa shape index (κ1) is 17.2. The number of nitrogens with zero attached hydrogens (tertiary/aromatic N) is 1. The molecule has 2 aliphatic rings. The van der Waals surface area contributed by atoms with Gasteiger partial charge in [0.2, 0.25) is 0 Å². The van der Waals surface area contributed by atoms with Crippen molar-refractivity contribution in [2.24, 2.45) is 5.92 Å². The van der Waals surface area contributed by atoms with Gasteiger partial charge in [0, 0.05) is 24.7 Å². The summed E-state index contributed by atoms with van der Waals surface area (Å²) >= 11 is 0. The predicted molar refractivity (Wildman–Crippen MR) is 89.7 cm³/mol. The summed E-state index contributed by atoms with van der Waals surface area (Å²) in [7, 11) is 0. The first-order valence-corrected chi connectivity index (χ1v) is 9.00. The molecule has 2 aliphatic heterocycles. The molecule has 0 saturated carbocycles. The van der Waals surface area contributed by atoms with Crippen LogP contribution in [0.15, 0.2) is 0 Å². The van der Waals surface area contributed by atoms with Crippen LogP contribution < -0.4 is 5.32 Å². The number of ether oxygens (including phenoxy) is 1. The smallest absolute Gasteiger partial charge is 0.0692 e. The van der Waals surface area contributed by atoms with Crippen LogP contribution in [0.4, 0.5) is 0 Å². The highest BCUT2D eigenvalue weighted by atomic mass is 16.5. The van der Waals surface area contributed by atoms with E-state index < -0.39 is 0 Å². The second-order valence-electron chi connectivity index (χ2n) is 8.17. The third-order valence-electron chi connectivity index (χ3n) is 5.51. The molecule has 2 fully saturated rings. The molecule has 0 aromatic rings. The molecule has 0 aromatic carbocycles. The minimum absolute atomic E-state index is 0.157. The van der Waals surface area contributed by atoms with Gasteiger partial charge in [0.05, 0.1) is 5.60 Å². The van der Waals surface area contributed by atoms with Gasteiger partial charge in [0.15, 0.2) is 0 Å². The van der Waals surface area contributed by atoms with E-state index in [0.717, 1.165) is 38.0 Å². The molecular formula is C18H36N2O. The summed E-state index contributed by atoms with van der Waals surface area (Å²) in [5.74, 6) is 0.824. The zero-order valence-corrected chi connectivity index (χ0v) is 14.9. The maximum Gasteiger partial charge on any atom is 0.0692 e. The van der Waals surface area contributed by atoms with E-state index >= 15 is 0 Å². The maximum absolute atomic E-state index is 6.13. The fourth-order valence-electron chi connectivity index (χ4n) is 3.87. The van der Waals surface area contributed by atoms with Crippen LogP contribution in [0.5, 0.6) is 0 Å². The third-order valence-corrected chi connectivity index (χ3v) is 5.51. The van der Waals surface area contributed by atoms with E-state index in [1.165, 1.54) is 32.4 Å². The lowest BCUT2D eigenvalue weighted by atomic mass is 9.85. The Kier molecular flexibility index (Phi) is 5.72. The summed E-state index contributed by atoms with van der Waals surface area (Å²) in [6.07, 6.45) is 6.12. The molecule has 1 N–H and O–H groups in total. The van der Waals surface area contributed by atoms with Crippen LogP contribution in [-0.2, 0) is 4.74 Å². The van der Waals surface area contributed by atoms with Crippen LogP contribution in [0.2, 0.25) is 0 Å². The first-order valence-electron chi connectivity index (χ1n) is 9.00. The van der Waals surface area contributed by atoms with Gasteiger partial charge in [-0.3, -0.25) is 4.90 Å². The molecule has 0 aliphatic carbocycles. The van der Waals surface area contributed by atoms with Crippen molar-refractivity contribution < 1.29 is 4.74 Å². The van der Waals surface area contributed by atoms with Crippen molar-refractivity contribution in [3.8, 4) is 0 Å². The molecule has 3 nitrogen and oxygen atoms in total. The van der Waals surface area contributed by atoms with Gasteiger partial charge in [-0.2, -0.15) is 0 Å². The Hall–Kier alpha value is -0.120. The zero-order valence-electron chi connectivity index (χ0n) is 14.9. The summed E-state index contributed by atoms with van der Waals surface area (Å²) in [4.78, 5) is 2.75. The van der Waals surface area contributed by atoms with Crippen LogP contribution in [0, 0.1) is 5.92 Å². The zero-order chi connectivity index (χ0) is 15.5. The van der Waals surface area contributed by atoms with Gasteiger partial charge in [-0.25, -0.2) is 0 Å². The second-order valence-corrected chi connectivity index (χ2v) is 8.17. The number of hydrogen-bond acceptors (Lipinski definition) is 3. The summed E-state index contributed by atoms with van der Waals surface area (Å²) in [5.41, 5.74) is 0.399. The molecule has 2 heterocycles. The van der Waals surface area contributed by atoms with Crippen molar-refractivity contribution >= 4 is 0 Å². The number of rotatable bonds is 5. The maximum atomic E-state index is 6.13. The highest BCUT2D eigenvalue weighted by molar-refractivity contribution is 4.92. The van der Waals surface area contributed by atoms with E-state index in [0.29, 0.717) is 0 Å². The van der Waals surface area contributed by atoms with Crippen LogP contribution in [0.3, 0.4) is 0 Å². The molecule has 0 aromatic heterocycles. The fourth-order valence-corrected chi connectivity index (χ4v) is 3.87. The average Bonchev–Trinajstić information content (AvgIpc) is 2.93. The fraction of sp³-hybridized carbons (Fsp3) is 1.00. The number of hydrogen-bond donors (Lipinski definition) is 1. The lowest BCUT2D eigenvalue weighted by molar-refractivity contribution is -0.108. The van der Waals surface area contributed by atoms with Gasteiger partial charge in [-0.1, -0.05) is 13.8 Å². The molecule has 2 unspecified atom stereocenters. The minimum Gasteiger partial charge on any atom is -0.375 e. The molecule has 124 valence electrons. The molecule has 2 atom stereocenters. The number of likely N-dealkylation sites (tertiary alicyclic amines) is 1. The standard InChI is InChI=1S/C18H36N2O/c1-6-18(7-2)12-16(9-11-21-18)20-10-8-15(14-20)13-19-17(3,4)5/h15-16,19H,6-14H2,1-5H3. The summed E-state index contributed by atoms with van der Waals surface area (Å²) in [6, 6.07) is 0.748. The van der Waals surface area contributed by atoms with Crippen LogP contribution in [0.1, 0.15) is 66.7 Å². The van der Waals surface area contributed by atoms with Crippen LogP contribution in [0.25, 0.3) is 0 Å². The van der Waals surface area contributed by atoms with Crippen LogP contribution in [-0.4, -0.2) is 48.3 Å². The van der Waals surface area contributed by atoms with E-state index in [2.05, 4.69) is 44.8 Å². The molecule has 0 spiro atoms. The van der Waals surface area contributed by atoms with Crippen molar-refractivity contribution in [3.63, 3.8) is 0 Å². The SMILES string of the molecule is CCC1(CC)CC(N2CCC(CNC(C)(C)C)C2)CCO1. The summed E-state index contributed by atoms with van der Waals surface area (Å²) in [6.45, 7) is 16.0. The number of nitrogens with one attached hydrogen (secondary N) is 1. The van der Waals surface area contributed by atoms with Gasteiger partial charge in [-0.05, 0) is 71.9 Å².